The first-order chi connectivity index (χ1) is 9.29. The minimum absolute atomic E-state index is 0.00754. The maximum atomic E-state index is 12.1. The van der Waals surface area contributed by atoms with E-state index in [4.69, 9.17) is 5.73 Å². The molecule has 2 rings (SSSR count). The molecule has 1 amide bonds. The molecule has 1 aromatic rings. The average molecular weight is 260 g/mol. The fourth-order valence-electron chi connectivity index (χ4n) is 2.90. The molecule has 3 heteroatoms. The maximum absolute atomic E-state index is 12.1. The molecule has 0 aliphatic heterocycles. The Labute approximate surface area is 115 Å². The molecule has 3 N–H and O–H groups in total. The van der Waals surface area contributed by atoms with Gasteiger partial charge in [-0.05, 0) is 24.5 Å². The molecule has 1 fully saturated rings. The van der Waals surface area contributed by atoms with Crippen LogP contribution >= 0.6 is 0 Å². The lowest BCUT2D eigenvalue weighted by Crippen LogP contribution is -2.41. The van der Waals surface area contributed by atoms with E-state index < -0.39 is 0 Å². The Balaban J connectivity index is 1.86. The molecule has 104 valence electrons. The number of benzene rings is 1. The van der Waals surface area contributed by atoms with Gasteiger partial charge in [-0.3, -0.25) is 4.79 Å². The molecule has 0 unspecified atom stereocenters. The molecule has 0 aromatic heterocycles. The SMILES string of the molecule is NC[C@H](CC1CCCCC1)NC(=O)c1ccccc1. The summed E-state index contributed by atoms with van der Waals surface area (Å²) >= 11 is 0. The lowest BCUT2D eigenvalue weighted by Gasteiger charge is -2.26. The lowest BCUT2D eigenvalue weighted by atomic mass is 9.85. The third-order valence-electron chi connectivity index (χ3n) is 4.00. The first-order valence-corrected chi connectivity index (χ1v) is 7.35. The molecular weight excluding hydrogens is 236 g/mol. The van der Waals surface area contributed by atoms with Gasteiger partial charge in [0.05, 0.1) is 0 Å². The van der Waals surface area contributed by atoms with Crippen molar-refractivity contribution in [3.8, 4) is 0 Å². The third kappa shape index (κ3) is 4.35. The van der Waals surface area contributed by atoms with E-state index in [9.17, 15) is 4.79 Å². The summed E-state index contributed by atoms with van der Waals surface area (Å²) in [7, 11) is 0. The highest BCUT2D eigenvalue weighted by Crippen LogP contribution is 2.27. The Morgan fingerprint density at radius 1 is 1.21 bits per heavy atom. The fraction of sp³-hybridized carbons (Fsp3) is 0.562. The number of nitrogens with one attached hydrogen (secondary N) is 1. The van der Waals surface area contributed by atoms with Crippen LogP contribution in [0.25, 0.3) is 0 Å². The summed E-state index contributed by atoms with van der Waals surface area (Å²) in [5.74, 6) is 0.727. The smallest absolute Gasteiger partial charge is 0.251 e. The molecule has 1 aromatic carbocycles. The molecule has 1 aliphatic carbocycles. The summed E-state index contributed by atoms with van der Waals surface area (Å²) in [6.45, 7) is 0.523. The molecule has 1 saturated carbocycles. The first-order valence-electron chi connectivity index (χ1n) is 7.35. The van der Waals surface area contributed by atoms with Gasteiger partial charge in [0.25, 0.3) is 5.91 Å². The van der Waals surface area contributed by atoms with Gasteiger partial charge < -0.3 is 11.1 Å². The summed E-state index contributed by atoms with van der Waals surface area (Å²) in [5, 5.41) is 3.07. The van der Waals surface area contributed by atoms with Gasteiger partial charge in [0.1, 0.15) is 0 Å². The van der Waals surface area contributed by atoms with E-state index in [1.165, 1.54) is 32.1 Å². The van der Waals surface area contributed by atoms with Crippen molar-refractivity contribution in [2.45, 2.75) is 44.6 Å². The van der Waals surface area contributed by atoms with Gasteiger partial charge in [-0.2, -0.15) is 0 Å². The highest BCUT2D eigenvalue weighted by molar-refractivity contribution is 5.94. The van der Waals surface area contributed by atoms with Crippen molar-refractivity contribution in [2.75, 3.05) is 6.54 Å². The second-order valence-corrected chi connectivity index (χ2v) is 5.51. The van der Waals surface area contributed by atoms with Gasteiger partial charge in [-0.1, -0.05) is 50.3 Å². The van der Waals surface area contributed by atoms with E-state index in [0.29, 0.717) is 12.1 Å². The van der Waals surface area contributed by atoms with Crippen LogP contribution in [0, 0.1) is 5.92 Å². The first kappa shape index (κ1) is 14.1. The Morgan fingerprint density at radius 3 is 2.53 bits per heavy atom. The summed E-state index contributed by atoms with van der Waals surface area (Å²) in [5.41, 5.74) is 6.51. The van der Waals surface area contributed by atoms with Crippen molar-refractivity contribution < 1.29 is 4.79 Å². The van der Waals surface area contributed by atoms with Gasteiger partial charge in [-0.25, -0.2) is 0 Å². The summed E-state index contributed by atoms with van der Waals surface area (Å²) in [6.07, 6.45) is 7.62. The molecule has 0 saturated heterocycles. The lowest BCUT2D eigenvalue weighted by molar-refractivity contribution is 0.0930. The zero-order valence-electron chi connectivity index (χ0n) is 11.5. The number of hydrogen-bond donors (Lipinski definition) is 2. The van der Waals surface area contributed by atoms with Crippen LogP contribution in [0.1, 0.15) is 48.9 Å². The van der Waals surface area contributed by atoms with E-state index in [-0.39, 0.29) is 11.9 Å². The zero-order valence-corrected chi connectivity index (χ0v) is 11.5. The van der Waals surface area contributed by atoms with Crippen LogP contribution in [0.4, 0.5) is 0 Å². The van der Waals surface area contributed by atoms with E-state index in [2.05, 4.69) is 5.32 Å². The fourth-order valence-corrected chi connectivity index (χ4v) is 2.90. The molecule has 1 aliphatic rings. The van der Waals surface area contributed by atoms with E-state index >= 15 is 0 Å². The second kappa shape index (κ2) is 7.29. The zero-order chi connectivity index (χ0) is 13.5. The van der Waals surface area contributed by atoms with Crippen LogP contribution in [0.2, 0.25) is 0 Å². The number of rotatable bonds is 5. The van der Waals surface area contributed by atoms with E-state index in [1.807, 2.05) is 30.3 Å². The van der Waals surface area contributed by atoms with Crippen molar-refractivity contribution in [1.82, 2.24) is 5.32 Å². The molecule has 19 heavy (non-hydrogen) atoms. The quantitative estimate of drug-likeness (QED) is 0.855. The summed E-state index contributed by atoms with van der Waals surface area (Å²) < 4.78 is 0. The van der Waals surface area contributed by atoms with Crippen molar-refractivity contribution >= 4 is 5.91 Å². The van der Waals surface area contributed by atoms with Crippen molar-refractivity contribution in [2.24, 2.45) is 11.7 Å². The van der Waals surface area contributed by atoms with Crippen LogP contribution in [0.3, 0.4) is 0 Å². The van der Waals surface area contributed by atoms with Crippen molar-refractivity contribution in [3.05, 3.63) is 35.9 Å². The predicted molar refractivity (Wildman–Crippen MR) is 77.9 cm³/mol. The molecule has 0 heterocycles. The normalized spacial score (nSPS) is 17.9. The number of carbonyl (C=O) groups is 1. The van der Waals surface area contributed by atoms with E-state index in [0.717, 1.165) is 12.3 Å². The maximum Gasteiger partial charge on any atom is 0.251 e. The number of nitrogens with two attached hydrogens (primary N) is 1. The summed E-state index contributed by atoms with van der Waals surface area (Å²) in [4.78, 5) is 12.1. The van der Waals surface area contributed by atoms with Gasteiger partial charge in [0, 0.05) is 18.2 Å². The monoisotopic (exact) mass is 260 g/mol. The number of carbonyl (C=O) groups excluding carboxylic acids is 1. The van der Waals surface area contributed by atoms with E-state index in [1.54, 1.807) is 0 Å². The minimum Gasteiger partial charge on any atom is -0.348 e. The van der Waals surface area contributed by atoms with Crippen LogP contribution < -0.4 is 11.1 Å². The molecule has 0 spiro atoms. The standard InChI is InChI=1S/C16H24N2O/c17-12-15(11-13-7-3-1-4-8-13)18-16(19)14-9-5-2-6-10-14/h2,5-6,9-10,13,15H,1,3-4,7-8,11-12,17H2,(H,18,19)/t15-/m0/s1. The van der Waals surface area contributed by atoms with Gasteiger partial charge >= 0.3 is 0 Å². The molecule has 3 nitrogen and oxygen atoms in total. The third-order valence-corrected chi connectivity index (χ3v) is 4.00. The van der Waals surface area contributed by atoms with Crippen LogP contribution in [0.15, 0.2) is 30.3 Å². The topological polar surface area (TPSA) is 55.1 Å². The second-order valence-electron chi connectivity index (χ2n) is 5.51. The largest absolute Gasteiger partial charge is 0.348 e. The van der Waals surface area contributed by atoms with Crippen molar-refractivity contribution in [3.63, 3.8) is 0 Å². The van der Waals surface area contributed by atoms with Crippen LogP contribution in [-0.4, -0.2) is 18.5 Å². The van der Waals surface area contributed by atoms with Crippen LogP contribution in [-0.2, 0) is 0 Å². The van der Waals surface area contributed by atoms with Gasteiger partial charge in [-0.15, -0.1) is 0 Å². The molecule has 0 bridgehead atoms. The van der Waals surface area contributed by atoms with Gasteiger partial charge in [0.15, 0.2) is 0 Å². The summed E-state index contributed by atoms with van der Waals surface area (Å²) in [6, 6.07) is 9.46. The van der Waals surface area contributed by atoms with Gasteiger partial charge in [0.2, 0.25) is 0 Å². The molecule has 1 atom stereocenters. The van der Waals surface area contributed by atoms with Crippen LogP contribution in [0.5, 0.6) is 0 Å². The number of hydrogen-bond acceptors (Lipinski definition) is 2. The Bertz CT molecular complexity index is 385. The Kier molecular flexibility index (Phi) is 5.40. The molecule has 0 radical (unpaired) electrons. The predicted octanol–water partition coefficient (Wildman–Crippen LogP) is 2.71. The highest BCUT2D eigenvalue weighted by atomic mass is 16.1. The highest BCUT2D eigenvalue weighted by Gasteiger charge is 2.19. The average Bonchev–Trinajstić information content (AvgIpc) is 2.48. The Morgan fingerprint density at radius 2 is 1.89 bits per heavy atom. The number of amides is 1. The molecular formula is C16H24N2O. The minimum atomic E-state index is -0.00754. The Hall–Kier alpha value is -1.35. The van der Waals surface area contributed by atoms with Crippen molar-refractivity contribution in [1.29, 1.82) is 0 Å².